The number of hydrogen-bond acceptors (Lipinski definition) is 6. The van der Waals surface area contributed by atoms with E-state index in [1.54, 1.807) is 36.4 Å². The highest BCUT2D eigenvalue weighted by Gasteiger charge is 2.16. The number of nitrogens with one attached hydrogen (secondary N) is 1. The predicted octanol–water partition coefficient (Wildman–Crippen LogP) is 5.51. The lowest BCUT2D eigenvalue weighted by Crippen LogP contribution is -2.24. The van der Waals surface area contributed by atoms with Crippen molar-refractivity contribution in [1.29, 1.82) is 0 Å². The van der Waals surface area contributed by atoms with Gasteiger partial charge in [0, 0.05) is 9.50 Å². The molecule has 10 heteroatoms. The molecule has 0 bridgehead atoms. The Morgan fingerprint density at radius 1 is 1.03 bits per heavy atom. The van der Waals surface area contributed by atoms with Gasteiger partial charge in [0.1, 0.15) is 5.75 Å². The van der Waals surface area contributed by atoms with Gasteiger partial charge in [0.25, 0.3) is 5.91 Å². The Labute approximate surface area is 208 Å². The first-order valence-electron chi connectivity index (χ1n) is 9.41. The molecule has 0 spiro atoms. The highest BCUT2D eigenvalue weighted by molar-refractivity contribution is 9.10. The van der Waals surface area contributed by atoms with Crippen molar-refractivity contribution in [1.82, 2.24) is 5.43 Å². The fourth-order valence-corrected chi connectivity index (χ4v) is 3.30. The lowest BCUT2D eigenvalue weighted by Gasteiger charge is -2.10. The maximum absolute atomic E-state index is 12.4. The first-order valence-corrected chi connectivity index (χ1v) is 11.0. The standard InChI is InChI=1S/C23H17BrCl2N2O5/c1-31-21-10-14(12-27-28-22(29)13-32-17-6-3-15(24)4-7-17)2-9-20(21)33-23(30)18-8-5-16(25)11-19(18)26/h2-12H,13H2,1H3,(H,28,29). The molecule has 0 heterocycles. The van der Waals surface area contributed by atoms with E-state index in [1.807, 2.05) is 12.1 Å². The third-order valence-corrected chi connectivity index (χ3v) is 5.20. The van der Waals surface area contributed by atoms with Gasteiger partial charge in [-0.2, -0.15) is 5.10 Å². The maximum atomic E-state index is 12.4. The van der Waals surface area contributed by atoms with Crippen LogP contribution < -0.4 is 19.6 Å². The summed E-state index contributed by atoms with van der Waals surface area (Å²) in [6, 6.07) is 16.3. The molecule has 3 aromatic carbocycles. The number of ether oxygens (including phenoxy) is 3. The van der Waals surface area contributed by atoms with E-state index < -0.39 is 11.9 Å². The molecule has 170 valence electrons. The van der Waals surface area contributed by atoms with Gasteiger partial charge in [-0.3, -0.25) is 4.79 Å². The summed E-state index contributed by atoms with van der Waals surface area (Å²) in [4.78, 5) is 24.3. The van der Waals surface area contributed by atoms with Crippen molar-refractivity contribution in [2.24, 2.45) is 5.10 Å². The van der Waals surface area contributed by atoms with E-state index in [2.05, 4.69) is 26.5 Å². The van der Waals surface area contributed by atoms with Gasteiger partial charge in [0.2, 0.25) is 0 Å². The van der Waals surface area contributed by atoms with Crippen molar-refractivity contribution >= 4 is 57.2 Å². The molecule has 3 rings (SSSR count). The topological polar surface area (TPSA) is 86.2 Å². The lowest BCUT2D eigenvalue weighted by atomic mass is 10.2. The molecular formula is C23H17BrCl2N2O5. The number of methoxy groups -OCH3 is 1. The Morgan fingerprint density at radius 2 is 1.79 bits per heavy atom. The molecule has 1 amide bonds. The zero-order chi connectivity index (χ0) is 23.8. The minimum atomic E-state index is -0.658. The van der Waals surface area contributed by atoms with Crippen LogP contribution in [0.15, 0.2) is 70.2 Å². The quantitative estimate of drug-likeness (QED) is 0.172. The molecule has 0 aromatic heterocycles. The molecule has 0 radical (unpaired) electrons. The SMILES string of the molecule is COc1cc(C=NNC(=O)COc2ccc(Br)cc2)ccc1OC(=O)c1ccc(Cl)cc1Cl. The molecule has 0 atom stereocenters. The average Bonchev–Trinajstić information content (AvgIpc) is 2.79. The summed E-state index contributed by atoms with van der Waals surface area (Å²) in [5.41, 5.74) is 3.14. The normalized spacial score (nSPS) is 10.7. The summed E-state index contributed by atoms with van der Waals surface area (Å²) in [7, 11) is 1.43. The number of hydrazone groups is 1. The smallest absolute Gasteiger partial charge is 0.345 e. The van der Waals surface area contributed by atoms with E-state index in [4.69, 9.17) is 37.4 Å². The van der Waals surface area contributed by atoms with Gasteiger partial charge in [-0.05, 0) is 66.2 Å². The number of esters is 1. The van der Waals surface area contributed by atoms with E-state index in [9.17, 15) is 9.59 Å². The number of nitrogens with zero attached hydrogens (tertiary/aromatic N) is 1. The second kappa shape index (κ2) is 11.7. The molecule has 1 N–H and O–H groups in total. The van der Waals surface area contributed by atoms with Gasteiger partial charge in [0.15, 0.2) is 18.1 Å². The van der Waals surface area contributed by atoms with Crippen molar-refractivity contribution in [3.63, 3.8) is 0 Å². The summed E-state index contributed by atoms with van der Waals surface area (Å²) in [5, 5.41) is 4.48. The highest BCUT2D eigenvalue weighted by atomic mass is 79.9. The van der Waals surface area contributed by atoms with Crippen LogP contribution in [0.4, 0.5) is 0 Å². The maximum Gasteiger partial charge on any atom is 0.345 e. The van der Waals surface area contributed by atoms with Crippen molar-refractivity contribution < 1.29 is 23.8 Å². The first kappa shape index (κ1) is 24.6. The average molecular weight is 552 g/mol. The number of benzene rings is 3. The van der Waals surface area contributed by atoms with Gasteiger partial charge >= 0.3 is 5.97 Å². The summed E-state index contributed by atoms with van der Waals surface area (Å²) in [6.07, 6.45) is 1.42. The number of hydrogen-bond donors (Lipinski definition) is 1. The van der Waals surface area contributed by atoms with Crippen LogP contribution in [0, 0.1) is 0 Å². The van der Waals surface area contributed by atoms with Crippen LogP contribution >= 0.6 is 39.1 Å². The Kier molecular flexibility index (Phi) is 8.71. The molecule has 3 aromatic rings. The Hall–Kier alpha value is -3.07. The predicted molar refractivity (Wildman–Crippen MR) is 130 cm³/mol. The monoisotopic (exact) mass is 550 g/mol. The molecule has 33 heavy (non-hydrogen) atoms. The van der Waals surface area contributed by atoms with Gasteiger partial charge in [-0.25, -0.2) is 10.2 Å². The van der Waals surface area contributed by atoms with Gasteiger partial charge < -0.3 is 14.2 Å². The fraction of sp³-hybridized carbons (Fsp3) is 0.0870. The lowest BCUT2D eigenvalue weighted by molar-refractivity contribution is -0.123. The van der Waals surface area contributed by atoms with Crippen molar-refractivity contribution in [3.8, 4) is 17.2 Å². The minimum absolute atomic E-state index is 0.168. The Morgan fingerprint density at radius 3 is 2.48 bits per heavy atom. The van der Waals surface area contributed by atoms with Crippen LogP contribution in [-0.4, -0.2) is 31.8 Å². The largest absolute Gasteiger partial charge is 0.493 e. The minimum Gasteiger partial charge on any atom is -0.493 e. The molecule has 0 fully saturated rings. The Bertz CT molecular complexity index is 1190. The van der Waals surface area contributed by atoms with Crippen LogP contribution in [0.3, 0.4) is 0 Å². The molecule has 0 unspecified atom stereocenters. The molecule has 7 nitrogen and oxygen atoms in total. The molecule has 0 saturated carbocycles. The fourth-order valence-electron chi connectivity index (χ4n) is 2.55. The number of carbonyl (C=O) groups is 2. The summed E-state index contributed by atoms with van der Waals surface area (Å²) >= 11 is 15.2. The van der Waals surface area contributed by atoms with Crippen molar-refractivity contribution in [2.75, 3.05) is 13.7 Å². The molecular weight excluding hydrogens is 535 g/mol. The van der Waals surface area contributed by atoms with E-state index in [-0.39, 0.29) is 22.9 Å². The van der Waals surface area contributed by atoms with Crippen LogP contribution in [0.1, 0.15) is 15.9 Å². The second-order valence-electron chi connectivity index (χ2n) is 6.46. The van der Waals surface area contributed by atoms with Crippen molar-refractivity contribution in [3.05, 3.63) is 86.3 Å². The highest BCUT2D eigenvalue weighted by Crippen LogP contribution is 2.30. The number of halogens is 3. The van der Waals surface area contributed by atoms with Crippen LogP contribution in [0.25, 0.3) is 0 Å². The third-order valence-electron chi connectivity index (χ3n) is 4.13. The zero-order valence-electron chi connectivity index (χ0n) is 17.2. The first-order chi connectivity index (χ1) is 15.9. The molecule has 0 aliphatic carbocycles. The van der Waals surface area contributed by atoms with Gasteiger partial charge in [-0.1, -0.05) is 39.1 Å². The van der Waals surface area contributed by atoms with Crippen molar-refractivity contribution in [2.45, 2.75) is 0 Å². The number of carbonyl (C=O) groups excluding carboxylic acids is 2. The summed E-state index contributed by atoms with van der Waals surface area (Å²) in [5.74, 6) is -0.0343. The third kappa shape index (κ3) is 7.21. The van der Waals surface area contributed by atoms with Crippen LogP contribution in [0.5, 0.6) is 17.2 Å². The molecule has 0 aliphatic heterocycles. The summed E-state index contributed by atoms with van der Waals surface area (Å²) in [6.45, 7) is -0.190. The van der Waals surface area contributed by atoms with Gasteiger partial charge in [0.05, 0.1) is 23.9 Å². The zero-order valence-corrected chi connectivity index (χ0v) is 20.3. The van der Waals surface area contributed by atoms with Crippen LogP contribution in [-0.2, 0) is 4.79 Å². The Balaban J connectivity index is 1.58. The second-order valence-corrected chi connectivity index (χ2v) is 8.22. The van der Waals surface area contributed by atoms with E-state index >= 15 is 0 Å². The van der Waals surface area contributed by atoms with E-state index in [0.29, 0.717) is 22.1 Å². The molecule has 0 aliphatic rings. The van der Waals surface area contributed by atoms with E-state index in [1.165, 1.54) is 25.5 Å². The summed E-state index contributed by atoms with van der Waals surface area (Å²) < 4.78 is 17.0. The number of amides is 1. The van der Waals surface area contributed by atoms with E-state index in [0.717, 1.165) is 4.47 Å². The van der Waals surface area contributed by atoms with Crippen LogP contribution in [0.2, 0.25) is 10.0 Å². The molecule has 0 saturated heterocycles. The number of rotatable bonds is 8. The van der Waals surface area contributed by atoms with Gasteiger partial charge in [-0.15, -0.1) is 0 Å².